The number of halogens is 1. The van der Waals surface area contributed by atoms with Crippen LogP contribution < -0.4 is 5.32 Å². The van der Waals surface area contributed by atoms with E-state index in [0.717, 1.165) is 34.4 Å². The van der Waals surface area contributed by atoms with E-state index >= 15 is 0 Å². The van der Waals surface area contributed by atoms with Crippen LogP contribution in [0, 0.1) is 11.7 Å². The topological polar surface area (TPSA) is 35.6 Å². The smallest absolute Gasteiger partial charge is 0.258 e. The van der Waals surface area contributed by atoms with Gasteiger partial charge >= 0.3 is 0 Å². The highest BCUT2D eigenvalue weighted by Gasteiger charge is 2.49. The summed E-state index contributed by atoms with van der Waals surface area (Å²) in [6.45, 7) is 13.9. The van der Waals surface area contributed by atoms with Gasteiger partial charge in [-0.05, 0) is 59.2 Å². The molecule has 0 spiro atoms. The molecular formula is C32H36FN3O. The number of carbonyl (C=O) groups is 1. The maximum atomic E-state index is 14.0. The lowest BCUT2D eigenvalue weighted by Gasteiger charge is -2.29. The van der Waals surface area contributed by atoms with Crippen LogP contribution in [0.1, 0.15) is 48.9 Å². The van der Waals surface area contributed by atoms with Gasteiger partial charge in [0.05, 0.1) is 6.54 Å². The normalized spacial score (nSPS) is 17.3. The van der Waals surface area contributed by atoms with Gasteiger partial charge in [-0.2, -0.15) is 0 Å². The molecule has 0 aliphatic carbocycles. The third kappa shape index (κ3) is 5.77. The first-order chi connectivity index (χ1) is 17.7. The van der Waals surface area contributed by atoms with Crippen LogP contribution in [-0.4, -0.2) is 22.8 Å². The molecule has 1 atom stereocenters. The molecule has 3 aromatic carbocycles. The van der Waals surface area contributed by atoms with Gasteiger partial charge in [-0.15, -0.1) is 0 Å². The number of amides is 1. The molecule has 1 unspecified atom stereocenters. The molecule has 5 heteroatoms. The molecule has 0 aromatic heterocycles. The van der Waals surface area contributed by atoms with Crippen molar-refractivity contribution in [2.24, 2.45) is 5.92 Å². The van der Waals surface area contributed by atoms with Crippen molar-refractivity contribution in [3.63, 3.8) is 0 Å². The first kappa shape index (κ1) is 26.2. The zero-order valence-corrected chi connectivity index (χ0v) is 22.0. The second-order valence-electron chi connectivity index (χ2n) is 10.3. The number of hydrogen-bond acceptors (Lipinski definition) is 3. The fourth-order valence-corrected chi connectivity index (χ4v) is 4.84. The quantitative estimate of drug-likeness (QED) is 0.340. The Morgan fingerprint density at radius 3 is 2.41 bits per heavy atom. The average molecular weight is 498 g/mol. The Morgan fingerprint density at radius 1 is 1.03 bits per heavy atom. The van der Waals surface area contributed by atoms with Crippen LogP contribution in [0.4, 0.5) is 4.39 Å². The molecule has 1 aliphatic heterocycles. The molecule has 1 saturated heterocycles. The van der Waals surface area contributed by atoms with Gasteiger partial charge in [0.25, 0.3) is 5.91 Å². The molecule has 1 aliphatic rings. The van der Waals surface area contributed by atoms with Gasteiger partial charge < -0.3 is 10.2 Å². The van der Waals surface area contributed by atoms with Crippen molar-refractivity contribution >= 4 is 11.6 Å². The third-order valence-corrected chi connectivity index (χ3v) is 7.05. The standard InChI is InChI=1S/C32H36FN3O/c1-23(2)18-19-32(29-12-7-6-8-13-29)31(37)36(25(4)34-32)22-27-10-9-11-28(20-27)24(3)35(5)21-26-14-16-30(33)17-15-26/h6-17,20,23,34H,3-4,18-19,21-22H2,1-2,5H3. The summed E-state index contributed by atoms with van der Waals surface area (Å²) < 4.78 is 13.3. The highest BCUT2D eigenvalue weighted by molar-refractivity contribution is 5.92. The van der Waals surface area contributed by atoms with Gasteiger partial charge in [0.15, 0.2) is 0 Å². The number of nitrogens with zero attached hydrogens (tertiary/aromatic N) is 2. The van der Waals surface area contributed by atoms with Gasteiger partial charge in [0.2, 0.25) is 0 Å². The van der Waals surface area contributed by atoms with E-state index < -0.39 is 5.54 Å². The first-order valence-electron chi connectivity index (χ1n) is 12.8. The van der Waals surface area contributed by atoms with E-state index in [-0.39, 0.29) is 11.7 Å². The van der Waals surface area contributed by atoms with Crippen molar-refractivity contribution < 1.29 is 9.18 Å². The molecule has 1 fully saturated rings. The van der Waals surface area contributed by atoms with Crippen LogP contribution in [0.15, 0.2) is 97.8 Å². The second-order valence-corrected chi connectivity index (χ2v) is 10.3. The monoisotopic (exact) mass is 497 g/mol. The molecule has 1 heterocycles. The van der Waals surface area contributed by atoms with Crippen LogP contribution in [0.2, 0.25) is 0 Å². The predicted molar refractivity (Wildman–Crippen MR) is 148 cm³/mol. The van der Waals surface area contributed by atoms with E-state index in [2.05, 4.69) is 38.4 Å². The maximum Gasteiger partial charge on any atom is 0.258 e. The molecular weight excluding hydrogens is 461 g/mol. The highest BCUT2D eigenvalue weighted by Crippen LogP contribution is 2.38. The highest BCUT2D eigenvalue weighted by atomic mass is 19.1. The van der Waals surface area contributed by atoms with Crippen molar-refractivity contribution in [3.05, 3.63) is 126 Å². The van der Waals surface area contributed by atoms with Gasteiger partial charge in [-0.3, -0.25) is 9.69 Å². The number of rotatable bonds is 10. The van der Waals surface area contributed by atoms with E-state index in [4.69, 9.17) is 0 Å². The van der Waals surface area contributed by atoms with E-state index in [1.54, 1.807) is 17.0 Å². The molecule has 37 heavy (non-hydrogen) atoms. The van der Waals surface area contributed by atoms with E-state index in [0.29, 0.717) is 31.2 Å². The zero-order chi connectivity index (χ0) is 26.6. The van der Waals surface area contributed by atoms with Crippen molar-refractivity contribution in [3.8, 4) is 0 Å². The van der Waals surface area contributed by atoms with Gasteiger partial charge in [0.1, 0.15) is 17.2 Å². The lowest BCUT2D eigenvalue weighted by Crippen LogP contribution is -2.43. The van der Waals surface area contributed by atoms with Crippen molar-refractivity contribution in [1.82, 2.24) is 15.1 Å². The Hall–Kier alpha value is -3.86. The molecule has 1 N–H and O–H groups in total. The number of hydrogen-bond donors (Lipinski definition) is 1. The largest absolute Gasteiger partial charge is 0.370 e. The summed E-state index contributed by atoms with van der Waals surface area (Å²) >= 11 is 0. The van der Waals surface area contributed by atoms with Crippen LogP contribution in [-0.2, 0) is 23.4 Å². The average Bonchev–Trinajstić information content (AvgIpc) is 3.14. The minimum atomic E-state index is -0.806. The summed E-state index contributed by atoms with van der Waals surface area (Å²) in [5, 5.41) is 3.48. The number of nitrogens with one attached hydrogen (secondary N) is 1. The van der Waals surface area contributed by atoms with Gasteiger partial charge in [-0.25, -0.2) is 4.39 Å². The maximum absolute atomic E-state index is 14.0. The number of benzene rings is 3. The minimum absolute atomic E-state index is 0.0296. The third-order valence-electron chi connectivity index (χ3n) is 7.05. The minimum Gasteiger partial charge on any atom is -0.370 e. The van der Waals surface area contributed by atoms with Crippen molar-refractivity contribution in [1.29, 1.82) is 0 Å². The fraction of sp³-hybridized carbons (Fsp3) is 0.281. The Bertz CT molecular complexity index is 1270. The second kappa shape index (κ2) is 11.0. The Morgan fingerprint density at radius 2 is 1.73 bits per heavy atom. The van der Waals surface area contributed by atoms with E-state index in [1.165, 1.54) is 12.1 Å². The fourth-order valence-electron chi connectivity index (χ4n) is 4.84. The molecule has 3 aromatic rings. The summed E-state index contributed by atoms with van der Waals surface area (Å²) in [4.78, 5) is 17.8. The summed E-state index contributed by atoms with van der Waals surface area (Å²) in [5.74, 6) is 0.885. The Labute approximate surface area is 220 Å². The lowest BCUT2D eigenvalue weighted by atomic mass is 9.83. The predicted octanol–water partition coefficient (Wildman–Crippen LogP) is 6.66. The van der Waals surface area contributed by atoms with Crippen molar-refractivity contribution in [2.75, 3.05) is 7.05 Å². The Kier molecular flexibility index (Phi) is 7.82. The lowest BCUT2D eigenvalue weighted by molar-refractivity contribution is -0.132. The summed E-state index contributed by atoms with van der Waals surface area (Å²) in [7, 11) is 1.97. The van der Waals surface area contributed by atoms with E-state index in [9.17, 15) is 9.18 Å². The SMILES string of the molecule is C=C(c1cccc(CN2C(=C)NC(CCC(C)C)(c3ccccc3)C2=O)c1)N(C)Cc1ccc(F)cc1. The van der Waals surface area contributed by atoms with Crippen LogP contribution >= 0.6 is 0 Å². The Balaban J connectivity index is 1.53. The molecule has 0 bridgehead atoms. The molecule has 0 radical (unpaired) electrons. The van der Waals surface area contributed by atoms with Crippen LogP contribution in [0.5, 0.6) is 0 Å². The number of carbonyl (C=O) groups excluding carboxylic acids is 1. The summed E-state index contributed by atoms with van der Waals surface area (Å²) in [6.07, 6.45) is 1.62. The van der Waals surface area contributed by atoms with Crippen molar-refractivity contribution in [2.45, 2.75) is 45.3 Å². The van der Waals surface area contributed by atoms with Crippen LogP contribution in [0.25, 0.3) is 5.70 Å². The molecule has 4 nitrogen and oxygen atoms in total. The van der Waals surface area contributed by atoms with Gasteiger partial charge in [-0.1, -0.05) is 87.7 Å². The molecule has 4 rings (SSSR count). The van der Waals surface area contributed by atoms with Crippen LogP contribution in [0.3, 0.4) is 0 Å². The van der Waals surface area contributed by atoms with E-state index in [1.807, 2.05) is 60.5 Å². The molecule has 192 valence electrons. The zero-order valence-electron chi connectivity index (χ0n) is 22.0. The van der Waals surface area contributed by atoms with Gasteiger partial charge in [0, 0.05) is 19.3 Å². The molecule has 0 saturated carbocycles. The summed E-state index contributed by atoms with van der Waals surface area (Å²) in [6, 6.07) is 24.6. The summed E-state index contributed by atoms with van der Waals surface area (Å²) in [5.41, 5.74) is 3.99. The first-order valence-corrected chi connectivity index (χ1v) is 12.8. The molecule has 1 amide bonds.